The first kappa shape index (κ1) is 20.6. The SMILES string of the molecule is CCc1ccc(C(=O)OC)c(C)c1C(=O)N1CCC(c2ccc(C#N)cc2)CC1. The summed E-state index contributed by atoms with van der Waals surface area (Å²) < 4.78 is 4.87. The van der Waals surface area contributed by atoms with Gasteiger partial charge in [0.05, 0.1) is 24.3 Å². The van der Waals surface area contributed by atoms with Gasteiger partial charge in [0.2, 0.25) is 0 Å². The van der Waals surface area contributed by atoms with Crippen LogP contribution in [0.2, 0.25) is 0 Å². The van der Waals surface area contributed by atoms with Crippen LogP contribution in [-0.2, 0) is 11.2 Å². The van der Waals surface area contributed by atoms with Crippen molar-refractivity contribution in [1.82, 2.24) is 4.90 Å². The highest BCUT2D eigenvalue weighted by molar-refractivity contribution is 6.01. The van der Waals surface area contributed by atoms with Crippen molar-refractivity contribution in [3.63, 3.8) is 0 Å². The van der Waals surface area contributed by atoms with Crippen LogP contribution in [0.25, 0.3) is 0 Å². The van der Waals surface area contributed by atoms with Crippen LogP contribution in [0.15, 0.2) is 36.4 Å². The summed E-state index contributed by atoms with van der Waals surface area (Å²) >= 11 is 0. The maximum absolute atomic E-state index is 13.3. The molecule has 1 amide bonds. The number of rotatable bonds is 4. The number of benzene rings is 2. The smallest absolute Gasteiger partial charge is 0.338 e. The summed E-state index contributed by atoms with van der Waals surface area (Å²) in [5, 5.41) is 8.95. The van der Waals surface area contributed by atoms with E-state index in [9.17, 15) is 9.59 Å². The topological polar surface area (TPSA) is 70.4 Å². The Bertz CT molecular complexity index is 949. The summed E-state index contributed by atoms with van der Waals surface area (Å²) in [5.74, 6) is -0.0398. The number of esters is 1. The van der Waals surface area contributed by atoms with Crippen LogP contribution in [0.1, 0.15) is 68.7 Å². The molecule has 0 N–H and O–H groups in total. The van der Waals surface area contributed by atoms with Gasteiger partial charge < -0.3 is 9.64 Å². The average molecular weight is 390 g/mol. The molecule has 1 saturated heterocycles. The van der Waals surface area contributed by atoms with Crippen LogP contribution >= 0.6 is 0 Å². The van der Waals surface area contributed by atoms with Gasteiger partial charge in [0.15, 0.2) is 0 Å². The second kappa shape index (κ2) is 8.91. The molecule has 5 nitrogen and oxygen atoms in total. The summed E-state index contributed by atoms with van der Waals surface area (Å²) in [4.78, 5) is 27.3. The molecule has 0 saturated carbocycles. The normalized spacial score (nSPS) is 14.3. The van der Waals surface area contributed by atoms with Crippen LogP contribution in [0.5, 0.6) is 0 Å². The van der Waals surface area contributed by atoms with Crippen molar-refractivity contribution in [3.05, 3.63) is 69.8 Å². The van der Waals surface area contributed by atoms with E-state index in [4.69, 9.17) is 10.00 Å². The third-order valence-corrected chi connectivity index (χ3v) is 5.84. The van der Waals surface area contributed by atoms with Gasteiger partial charge in [-0.3, -0.25) is 4.79 Å². The minimum absolute atomic E-state index is 0.0108. The Morgan fingerprint density at radius 2 is 1.79 bits per heavy atom. The third kappa shape index (κ3) is 4.17. The lowest BCUT2D eigenvalue weighted by Gasteiger charge is -2.33. The number of piperidine rings is 1. The van der Waals surface area contributed by atoms with Crippen molar-refractivity contribution in [1.29, 1.82) is 5.26 Å². The fourth-order valence-electron chi connectivity index (χ4n) is 4.10. The zero-order valence-electron chi connectivity index (χ0n) is 17.2. The summed E-state index contributed by atoms with van der Waals surface area (Å²) in [6, 6.07) is 13.5. The van der Waals surface area contributed by atoms with Crippen LogP contribution in [0, 0.1) is 18.3 Å². The standard InChI is InChI=1S/C24H26N2O3/c1-4-18-9-10-21(24(28)29-3)16(2)22(18)23(27)26-13-11-20(12-14-26)19-7-5-17(15-25)6-8-19/h5-10,20H,4,11-14H2,1-3H3. The Morgan fingerprint density at radius 1 is 1.14 bits per heavy atom. The second-order valence-corrected chi connectivity index (χ2v) is 7.42. The van der Waals surface area contributed by atoms with Gasteiger partial charge in [0.1, 0.15) is 0 Å². The Hall–Kier alpha value is -3.13. The number of hydrogen-bond donors (Lipinski definition) is 0. The van der Waals surface area contributed by atoms with E-state index in [0.717, 1.165) is 24.8 Å². The molecule has 5 heteroatoms. The van der Waals surface area contributed by atoms with Gasteiger partial charge in [0.25, 0.3) is 5.91 Å². The van der Waals surface area contributed by atoms with E-state index in [1.807, 2.05) is 49.1 Å². The van der Waals surface area contributed by atoms with E-state index in [1.54, 1.807) is 6.07 Å². The van der Waals surface area contributed by atoms with E-state index in [2.05, 4.69) is 6.07 Å². The molecule has 0 aromatic heterocycles. The molecular weight excluding hydrogens is 364 g/mol. The van der Waals surface area contributed by atoms with Gasteiger partial charge in [-0.2, -0.15) is 5.26 Å². The lowest BCUT2D eigenvalue weighted by molar-refractivity contribution is 0.0600. The van der Waals surface area contributed by atoms with Crippen molar-refractivity contribution >= 4 is 11.9 Å². The number of nitriles is 1. The van der Waals surface area contributed by atoms with Crippen molar-refractivity contribution in [3.8, 4) is 6.07 Å². The molecular formula is C24H26N2O3. The minimum Gasteiger partial charge on any atom is -0.465 e. The fraction of sp³-hybridized carbons (Fsp3) is 0.375. The van der Waals surface area contributed by atoms with Crippen molar-refractivity contribution in [2.75, 3.05) is 20.2 Å². The van der Waals surface area contributed by atoms with Crippen molar-refractivity contribution in [2.24, 2.45) is 0 Å². The van der Waals surface area contributed by atoms with Gasteiger partial charge >= 0.3 is 5.97 Å². The molecule has 1 aliphatic heterocycles. The highest BCUT2D eigenvalue weighted by Gasteiger charge is 2.28. The minimum atomic E-state index is -0.418. The lowest BCUT2D eigenvalue weighted by atomic mass is 9.88. The predicted molar refractivity (Wildman–Crippen MR) is 111 cm³/mol. The van der Waals surface area contributed by atoms with Gasteiger partial charge in [-0.25, -0.2) is 4.79 Å². The highest BCUT2D eigenvalue weighted by atomic mass is 16.5. The largest absolute Gasteiger partial charge is 0.465 e. The first-order valence-corrected chi connectivity index (χ1v) is 10.00. The predicted octanol–water partition coefficient (Wildman–Crippen LogP) is 4.24. The molecule has 1 aliphatic rings. The summed E-state index contributed by atoms with van der Waals surface area (Å²) in [5.41, 5.74) is 4.60. The molecule has 150 valence electrons. The highest BCUT2D eigenvalue weighted by Crippen LogP contribution is 2.30. The maximum Gasteiger partial charge on any atom is 0.338 e. The van der Waals surface area contributed by atoms with E-state index in [-0.39, 0.29) is 5.91 Å². The molecule has 0 spiro atoms. The zero-order valence-corrected chi connectivity index (χ0v) is 17.2. The Morgan fingerprint density at radius 3 is 2.34 bits per heavy atom. The molecule has 0 aliphatic carbocycles. The number of carbonyl (C=O) groups is 2. The first-order chi connectivity index (χ1) is 14.0. The van der Waals surface area contributed by atoms with E-state index < -0.39 is 5.97 Å². The third-order valence-electron chi connectivity index (χ3n) is 5.84. The van der Waals surface area contributed by atoms with Crippen LogP contribution < -0.4 is 0 Å². The molecule has 0 atom stereocenters. The number of hydrogen-bond acceptors (Lipinski definition) is 4. The van der Waals surface area contributed by atoms with Gasteiger partial charge in [-0.15, -0.1) is 0 Å². The molecule has 3 rings (SSSR count). The van der Waals surface area contributed by atoms with E-state index >= 15 is 0 Å². The lowest BCUT2D eigenvalue weighted by Crippen LogP contribution is -2.38. The van der Waals surface area contributed by atoms with Crippen molar-refractivity contribution in [2.45, 2.75) is 39.0 Å². The number of likely N-dealkylation sites (tertiary alicyclic amines) is 1. The number of aryl methyl sites for hydroxylation is 1. The monoisotopic (exact) mass is 390 g/mol. The molecule has 1 heterocycles. The van der Waals surface area contributed by atoms with Gasteiger partial charge in [-0.05, 0) is 67.0 Å². The molecule has 1 fully saturated rings. The molecule has 0 radical (unpaired) electrons. The fourth-order valence-corrected chi connectivity index (χ4v) is 4.10. The first-order valence-electron chi connectivity index (χ1n) is 10.00. The number of amides is 1. The Balaban J connectivity index is 1.78. The quantitative estimate of drug-likeness (QED) is 0.732. The number of ether oxygens (including phenoxy) is 1. The Kier molecular flexibility index (Phi) is 6.33. The maximum atomic E-state index is 13.3. The van der Waals surface area contributed by atoms with Gasteiger partial charge in [0, 0.05) is 18.7 Å². The molecule has 2 aromatic carbocycles. The van der Waals surface area contributed by atoms with Crippen LogP contribution in [0.4, 0.5) is 0 Å². The molecule has 0 unspecified atom stereocenters. The summed E-state index contributed by atoms with van der Waals surface area (Å²) in [7, 11) is 1.35. The van der Waals surface area contributed by atoms with Gasteiger partial charge in [-0.1, -0.05) is 25.1 Å². The summed E-state index contributed by atoms with van der Waals surface area (Å²) in [6.45, 7) is 5.19. The number of nitrogens with zero attached hydrogens (tertiary/aromatic N) is 2. The molecule has 2 aromatic rings. The van der Waals surface area contributed by atoms with E-state index in [1.165, 1.54) is 12.7 Å². The van der Waals surface area contributed by atoms with Crippen LogP contribution in [-0.4, -0.2) is 37.0 Å². The van der Waals surface area contributed by atoms with E-state index in [0.29, 0.717) is 41.3 Å². The van der Waals surface area contributed by atoms with Crippen molar-refractivity contribution < 1.29 is 14.3 Å². The average Bonchev–Trinajstić information content (AvgIpc) is 2.78. The van der Waals surface area contributed by atoms with Crippen LogP contribution in [0.3, 0.4) is 0 Å². The zero-order chi connectivity index (χ0) is 21.0. The molecule has 0 bridgehead atoms. The number of carbonyl (C=O) groups excluding carboxylic acids is 2. The second-order valence-electron chi connectivity index (χ2n) is 7.42. The molecule has 29 heavy (non-hydrogen) atoms. The summed E-state index contributed by atoms with van der Waals surface area (Å²) in [6.07, 6.45) is 2.49. The Labute approximate surface area is 171 Å². The number of methoxy groups -OCH3 is 1.